The minimum atomic E-state index is -0.621. The number of halogens is 1. The first-order valence-electron chi connectivity index (χ1n) is 11.8. The summed E-state index contributed by atoms with van der Waals surface area (Å²) in [4.78, 5) is 44.3. The van der Waals surface area contributed by atoms with Crippen molar-refractivity contribution in [1.82, 2.24) is 15.1 Å². The zero-order valence-corrected chi connectivity index (χ0v) is 21.3. The predicted octanol–water partition coefficient (Wildman–Crippen LogP) is 2.46. The van der Waals surface area contributed by atoms with E-state index < -0.39 is 11.7 Å². The number of benzene rings is 2. The second-order valence-corrected chi connectivity index (χ2v) is 9.67. The van der Waals surface area contributed by atoms with Crippen molar-refractivity contribution in [1.29, 1.82) is 0 Å². The average molecular weight is 504 g/mol. The molecule has 0 aromatic heterocycles. The van der Waals surface area contributed by atoms with Crippen LogP contribution in [0.25, 0.3) is 10.8 Å². The average Bonchev–Trinajstić information content (AvgIpc) is 2.79. The first-order valence-corrected chi connectivity index (χ1v) is 11.8. The van der Waals surface area contributed by atoms with Crippen LogP contribution in [0.15, 0.2) is 30.3 Å². The SMILES string of the molecule is CC(C)(C)OC(=O)NCCN1C(=O)c2cccc3c(N4CCN(CCN)CC4)ccc(c23)C1=O.Cl. The Kier molecular flexibility index (Phi) is 8.25. The van der Waals surface area contributed by atoms with E-state index in [4.69, 9.17) is 10.5 Å². The van der Waals surface area contributed by atoms with Gasteiger partial charge in [0, 0.05) is 79.9 Å². The van der Waals surface area contributed by atoms with Gasteiger partial charge in [0.25, 0.3) is 11.8 Å². The minimum absolute atomic E-state index is 0. The normalized spacial score (nSPS) is 16.3. The fraction of sp³-hybridized carbons (Fsp3) is 0.480. The number of hydrogen-bond acceptors (Lipinski definition) is 7. The molecule has 2 aromatic rings. The summed E-state index contributed by atoms with van der Waals surface area (Å²) in [6.45, 7) is 10.6. The topological polar surface area (TPSA) is 108 Å². The van der Waals surface area contributed by atoms with Crippen LogP contribution >= 0.6 is 12.4 Å². The molecule has 190 valence electrons. The Hall–Kier alpha value is -2.88. The summed E-state index contributed by atoms with van der Waals surface area (Å²) in [5.74, 6) is -0.696. The van der Waals surface area contributed by atoms with Gasteiger partial charge in [-0.3, -0.25) is 19.4 Å². The van der Waals surface area contributed by atoms with E-state index in [1.54, 1.807) is 26.8 Å². The number of carbonyl (C=O) groups excluding carboxylic acids is 3. The third-order valence-electron chi connectivity index (χ3n) is 6.13. The highest BCUT2D eigenvalue weighted by molar-refractivity contribution is 6.26. The molecule has 10 heteroatoms. The van der Waals surface area contributed by atoms with Crippen molar-refractivity contribution in [3.8, 4) is 0 Å². The molecule has 0 spiro atoms. The maximum absolute atomic E-state index is 13.2. The van der Waals surface area contributed by atoms with Crippen LogP contribution in [0.4, 0.5) is 10.5 Å². The van der Waals surface area contributed by atoms with Crippen molar-refractivity contribution >= 4 is 46.8 Å². The Morgan fingerprint density at radius 2 is 1.66 bits per heavy atom. The van der Waals surface area contributed by atoms with E-state index >= 15 is 0 Å². The van der Waals surface area contributed by atoms with Gasteiger partial charge in [-0.25, -0.2) is 4.79 Å². The van der Waals surface area contributed by atoms with E-state index in [1.165, 1.54) is 4.90 Å². The van der Waals surface area contributed by atoms with Crippen LogP contribution in [0.5, 0.6) is 0 Å². The molecule has 0 aliphatic carbocycles. The molecule has 4 rings (SSSR count). The molecule has 0 radical (unpaired) electrons. The van der Waals surface area contributed by atoms with Crippen molar-refractivity contribution in [3.05, 3.63) is 41.5 Å². The number of nitrogens with two attached hydrogens (primary N) is 1. The summed E-state index contributed by atoms with van der Waals surface area (Å²) in [5, 5.41) is 4.23. The number of rotatable bonds is 6. The maximum Gasteiger partial charge on any atom is 0.407 e. The minimum Gasteiger partial charge on any atom is -0.444 e. The van der Waals surface area contributed by atoms with E-state index in [-0.39, 0.29) is 37.3 Å². The summed E-state index contributed by atoms with van der Waals surface area (Å²) in [7, 11) is 0. The van der Waals surface area contributed by atoms with Gasteiger partial charge in [0.1, 0.15) is 5.60 Å². The predicted molar refractivity (Wildman–Crippen MR) is 139 cm³/mol. The quantitative estimate of drug-likeness (QED) is 0.583. The highest BCUT2D eigenvalue weighted by Gasteiger charge is 2.34. The molecular formula is C25H34ClN5O4. The highest BCUT2D eigenvalue weighted by Crippen LogP contribution is 2.36. The standard InChI is InChI=1S/C25H33N5O4.ClH/c1-25(2,3)34-24(33)27-10-12-30-22(31)18-6-4-5-17-20(8-7-19(21(17)18)23(30)32)29-15-13-28(11-9-26)14-16-29;/h4-8H,9-16,26H2,1-3H3,(H,27,33);1H. The molecule has 0 unspecified atom stereocenters. The number of hydrogen-bond donors (Lipinski definition) is 2. The first-order chi connectivity index (χ1) is 16.2. The van der Waals surface area contributed by atoms with Crippen LogP contribution in [-0.2, 0) is 4.74 Å². The van der Waals surface area contributed by atoms with E-state index in [0.29, 0.717) is 23.1 Å². The summed E-state index contributed by atoms with van der Waals surface area (Å²) < 4.78 is 5.22. The fourth-order valence-electron chi connectivity index (χ4n) is 4.59. The molecule has 9 nitrogen and oxygen atoms in total. The number of amides is 3. The molecule has 1 saturated heterocycles. The smallest absolute Gasteiger partial charge is 0.407 e. The van der Waals surface area contributed by atoms with Crippen LogP contribution in [0.2, 0.25) is 0 Å². The van der Waals surface area contributed by atoms with Crippen molar-refractivity contribution in [3.63, 3.8) is 0 Å². The molecule has 1 fully saturated rings. The maximum atomic E-state index is 13.2. The van der Waals surface area contributed by atoms with Gasteiger partial charge in [0.05, 0.1) is 0 Å². The van der Waals surface area contributed by atoms with Gasteiger partial charge in [0.15, 0.2) is 0 Å². The first kappa shape index (κ1) is 26.7. The van der Waals surface area contributed by atoms with Gasteiger partial charge in [-0.1, -0.05) is 12.1 Å². The Balaban J connectivity index is 0.00000342. The number of ether oxygens (including phenoxy) is 1. The monoisotopic (exact) mass is 503 g/mol. The molecule has 0 bridgehead atoms. The summed E-state index contributed by atoms with van der Waals surface area (Å²) in [6, 6.07) is 9.39. The second-order valence-electron chi connectivity index (χ2n) is 9.67. The molecule has 0 atom stereocenters. The molecule has 35 heavy (non-hydrogen) atoms. The summed E-state index contributed by atoms with van der Waals surface area (Å²) >= 11 is 0. The lowest BCUT2D eigenvalue weighted by molar-refractivity contribution is 0.0496. The van der Waals surface area contributed by atoms with Crippen molar-refractivity contribution < 1.29 is 19.1 Å². The largest absolute Gasteiger partial charge is 0.444 e. The van der Waals surface area contributed by atoms with E-state index in [2.05, 4.69) is 15.1 Å². The Labute approximate surface area is 211 Å². The van der Waals surface area contributed by atoms with E-state index in [9.17, 15) is 14.4 Å². The third kappa shape index (κ3) is 5.69. The van der Waals surface area contributed by atoms with Gasteiger partial charge in [-0.15, -0.1) is 12.4 Å². The molecule has 0 saturated carbocycles. The lowest BCUT2D eigenvalue weighted by Gasteiger charge is -2.37. The van der Waals surface area contributed by atoms with Crippen LogP contribution in [0.1, 0.15) is 41.5 Å². The Bertz CT molecular complexity index is 1090. The van der Waals surface area contributed by atoms with Crippen molar-refractivity contribution in [2.45, 2.75) is 26.4 Å². The van der Waals surface area contributed by atoms with Crippen LogP contribution in [0, 0.1) is 0 Å². The number of piperazine rings is 1. The summed E-state index contributed by atoms with van der Waals surface area (Å²) in [6.07, 6.45) is -0.580. The molecule has 3 amide bonds. The number of imide groups is 1. The van der Waals surface area contributed by atoms with Gasteiger partial charge in [0.2, 0.25) is 0 Å². The zero-order valence-electron chi connectivity index (χ0n) is 20.5. The number of alkyl carbamates (subject to hydrolysis) is 1. The van der Waals surface area contributed by atoms with Crippen LogP contribution in [0.3, 0.4) is 0 Å². The van der Waals surface area contributed by atoms with Crippen LogP contribution < -0.4 is 16.0 Å². The molecule has 3 N–H and O–H groups in total. The lowest BCUT2D eigenvalue weighted by Crippen LogP contribution is -2.48. The Morgan fingerprint density at radius 1 is 1.00 bits per heavy atom. The molecule has 2 aromatic carbocycles. The highest BCUT2D eigenvalue weighted by atomic mass is 35.5. The number of nitrogens with zero attached hydrogens (tertiary/aromatic N) is 3. The van der Waals surface area contributed by atoms with E-state index in [0.717, 1.165) is 43.8 Å². The van der Waals surface area contributed by atoms with Gasteiger partial charge < -0.3 is 20.7 Å². The van der Waals surface area contributed by atoms with E-state index in [1.807, 2.05) is 24.3 Å². The van der Waals surface area contributed by atoms with Crippen molar-refractivity contribution in [2.24, 2.45) is 5.73 Å². The van der Waals surface area contributed by atoms with Gasteiger partial charge in [-0.2, -0.15) is 0 Å². The summed E-state index contributed by atoms with van der Waals surface area (Å²) in [5.41, 5.74) is 7.12. The van der Waals surface area contributed by atoms with Crippen molar-refractivity contribution in [2.75, 3.05) is 57.3 Å². The molecular weight excluding hydrogens is 470 g/mol. The fourth-order valence-corrected chi connectivity index (χ4v) is 4.59. The molecule has 2 aliphatic rings. The molecule has 2 heterocycles. The molecule has 2 aliphatic heterocycles. The second kappa shape index (κ2) is 10.8. The Morgan fingerprint density at radius 3 is 2.29 bits per heavy atom. The van der Waals surface area contributed by atoms with Gasteiger partial charge >= 0.3 is 6.09 Å². The number of carbonyl (C=O) groups is 3. The zero-order chi connectivity index (χ0) is 24.5. The number of nitrogens with one attached hydrogen (secondary N) is 1. The third-order valence-corrected chi connectivity index (χ3v) is 6.13. The van der Waals surface area contributed by atoms with Gasteiger partial charge in [-0.05, 0) is 39.0 Å². The lowest BCUT2D eigenvalue weighted by atomic mass is 9.92. The van der Waals surface area contributed by atoms with Crippen LogP contribution in [-0.4, -0.2) is 85.7 Å². The number of anilines is 1.